The van der Waals surface area contributed by atoms with E-state index < -0.39 is 6.10 Å². The van der Waals surface area contributed by atoms with E-state index in [-0.39, 0.29) is 18.4 Å². The topological polar surface area (TPSA) is 66.8 Å². The Kier molecular flexibility index (Phi) is 4.74. The third kappa shape index (κ3) is 3.17. The molecule has 0 aromatic heterocycles. The average molecular weight is 277 g/mol. The van der Waals surface area contributed by atoms with Crippen LogP contribution in [0.5, 0.6) is 5.75 Å². The van der Waals surface area contributed by atoms with Crippen LogP contribution >= 0.6 is 0 Å². The van der Waals surface area contributed by atoms with Gasteiger partial charge in [-0.1, -0.05) is 18.2 Å². The van der Waals surface area contributed by atoms with Gasteiger partial charge >= 0.3 is 0 Å². The summed E-state index contributed by atoms with van der Waals surface area (Å²) in [5, 5.41) is 10.3. The number of likely N-dealkylation sites (tertiary alicyclic amines) is 1. The van der Waals surface area contributed by atoms with Gasteiger partial charge in [-0.2, -0.15) is 0 Å². The number of aliphatic hydroxyl groups is 1. The van der Waals surface area contributed by atoms with Gasteiger partial charge in [-0.05, 0) is 19.4 Å². The highest BCUT2D eigenvalue weighted by atomic mass is 16.5. The van der Waals surface area contributed by atoms with Crippen LogP contribution in [0.15, 0.2) is 24.3 Å². The molecule has 1 N–H and O–H groups in total. The molecule has 1 aromatic carbocycles. The van der Waals surface area contributed by atoms with Gasteiger partial charge < -0.3 is 9.84 Å². The lowest BCUT2D eigenvalue weighted by Crippen LogP contribution is -2.42. The Labute approximate surface area is 118 Å². The van der Waals surface area contributed by atoms with E-state index in [4.69, 9.17) is 4.74 Å². The summed E-state index contributed by atoms with van der Waals surface area (Å²) in [7, 11) is 0. The zero-order valence-corrected chi connectivity index (χ0v) is 11.5. The third-order valence-corrected chi connectivity index (χ3v) is 3.32. The number of nitrogens with zero attached hydrogens (tertiary/aromatic N) is 1. The number of piperidine rings is 1. The number of carbonyl (C=O) groups excluding carboxylic acids is 2. The molecular formula is C15H19NO4. The van der Waals surface area contributed by atoms with Gasteiger partial charge in [-0.15, -0.1) is 0 Å². The van der Waals surface area contributed by atoms with Gasteiger partial charge in [0.2, 0.25) is 11.8 Å². The fourth-order valence-corrected chi connectivity index (χ4v) is 2.32. The smallest absolute Gasteiger partial charge is 0.229 e. The van der Waals surface area contributed by atoms with Crippen molar-refractivity contribution < 1.29 is 19.4 Å². The Hall–Kier alpha value is -1.88. The maximum absolute atomic E-state index is 11.7. The van der Waals surface area contributed by atoms with Crippen molar-refractivity contribution in [2.45, 2.75) is 32.3 Å². The largest absolute Gasteiger partial charge is 0.493 e. The highest BCUT2D eigenvalue weighted by molar-refractivity contribution is 5.97. The van der Waals surface area contributed by atoms with Crippen molar-refractivity contribution in [1.82, 2.24) is 4.90 Å². The Morgan fingerprint density at radius 1 is 1.25 bits per heavy atom. The van der Waals surface area contributed by atoms with Gasteiger partial charge in [0.05, 0.1) is 13.2 Å². The molecule has 1 fully saturated rings. The molecule has 0 spiro atoms. The minimum Gasteiger partial charge on any atom is -0.493 e. The molecule has 0 saturated carbocycles. The summed E-state index contributed by atoms with van der Waals surface area (Å²) in [5.74, 6) is 0.155. The molecule has 1 saturated heterocycles. The average Bonchev–Trinajstić information content (AvgIpc) is 2.44. The first-order valence-electron chi connectivity index (χ1n) is 6.86. The minimum absolute atomic E-state index is 0.0121. The Bertz CT molecular complexity index is 484. The van der Waals surface area contributed by atoms with Crippen molar-refractivity contribution in [2.75, 3.05) is 13.2 Å². The van der Waals surface area contributed by atoms with Crippen LogP contribution < -0.4 is 4.74 Å². The highest BCUT2D eigenvalue weighted by Crippen LogP contribution is 2.26. The van der Waals surface area contributed by atoms with Crippen LogP contribution in [0.25, 0.3) is 0 Å². The summed E-state index contributed by atoms with van der Waals surface area (Å²) in [4.78, 5) is 24.6. The van der Waals surface area contributed by atoms with Gasteiger partial charge in [-0.25, -0.2) is 0 Å². The molecule has 20 heavy (non-hydrogen) atoms. The van der Waals surface area contributed by atoms with Crippen LogP contribution in [0.1, 0.15) is 37.9 Å². The van der Waals surface area contributed by atoms with E-state index in [9.17, 15) is 14.7 Å². The molecule has 1 atom stereocenters. The quantitative estimate of drug-likeness (QED) is 0.831. The number of hydrogen-bond acceptors (Lipinski definition) is 4. The number of hydrogen-bond donors (Lipinski definition) is 1. The number of benzene rings is 1. The molecule has 108 valence electrons. The van der Waals surface area contributed by atoms with Crippen molar-refractivity contribution in [3.05, 3.63) is 29.8 Å². The van der Waals surface area contributed by atoms with Crippen molar-refractivity contribution in [2.24, 2.45) is 0 Å². The maximum Gasteiger partial charge on any atom is 0.229 e. The van der Waals surface area contributed by atoms with Gasteiger partial charge in [0.1, 0.15) is 11.9 Å². The second-order valence-electron chi connectivity index (χ2n) is 4.74. The predicted molar refractivity (Wildman–Crippen MR) is 73.1 cm³/mol. The maximum atomic E-state index is 11.7. The van der Waals surface area contributed by atoms with Crippen LogP contribution in [0.2, 0.25) is 0 Å². The first kappa shape index (κ1) is 14.5. The highest BCUT2D eigenvalue weighted by Gasteiger charge is 2.28. The Morgan fingerprint density at radius 3 is 2.55 bits per heavy atom. The third-order valence-electron chi connectivity index (χ3n) is 3.32. The lowest BCUT2D eigenvalue weighted by molar-refractivity contribution is -0.149. The summed E-state index contributed by atoms with van der Waals surface area (Å²) in [6, 6.07) is 7.12. The molecular weight excluding hydrogens is 258 g/mol. The molecule has 0 bridgehead atoms. The van der Waals surface area contributed by atoms with Crippen LogP contribution in [-0.2, 0) is 9.59 Å². The van der Waals surface area contributed by atoms with Crippen molar-refractivity contribution >= 4 is 11.8 Å². The van der Waals surface area contributed by atoms with Crippen LogP contribution in [-0.4, -0.2) is 35.0 Å². The number of para-hydroxylation sites is 1. The minimum atomic E-state index is -0.927. The number of carbonyl (C=O) groups is 2. The zero-order valence-electron chi connectivity index (χ0n) is 11.5. The van der Waals surface area contributed by atoms with E-state index >= 15 is 0 Å². The standard InChI is InChI=1S/C15H19NO4/c1-2-20-13-7-4-3-6-11(13)12(17)10-16-14(18)8-5-9-15(16)19/h3-4,6-7,12,17H,2,5,8-10H2,1H3. The number of ether oxygens (including phenoxy) is 1. The van der Waals surface area contributed by atoms with E-state index in [1.165, 1.54) is 0 Å². The molecule has 1 aromatic rings. The van der Waals surface area contributed by atoms with Crippen LogP contribution in [0, 0.1) is 0 Å². The Balaban J connectivity index is 2.13. The number of β-amino-alcohol motifs (C(OH)–C–C–N with tert-alkyl or cyclic N) is 1. The fourth-order valence-electron chi connectivity index (χ4n) is 2.32. The monoisotopic (exact) mass is 277 g/mol. The summed E-state index contributed by atoms with van der Waals surface area (Å²) < 4.78 is 5.45. The second-order valence-corrected chi connectivity index (χ2v) is 4.74. The number of amides is 2. The SMILES string of the molecule is CCOc1ccccc1C(O)CN1C(=O)CCCC1=O. The van der Waals surface area contributed by atoms with Crippen molar-refractivity contribution in [3.63, 3.8) is 0 Å². The van der Waals surface area contributed by atoms with E-state index in [1.807, 2.05) is 13.0 Å². The van der Waals surface area contributed by atoms with Gasteiger partial charge in [-0.3, -0.25) is 14.5 Å². The van der Waals surface area contributed by atoms with Crippen LogP contribution in [0.3, 0.4) is 0 Å². The first-order valence-corrected chi connectivity index (χ1v) is 6.86. The van der Waals surface area contributed by atoms with E-state index in [1.54, 1.807) is 18.2 Å². The second kappa shape index (κ2) is 6.52. The molecule has 0 radical (unpaired) electrons. The Morgan fingerprint density at radius 2 is 1.90 bits per heavy atom. The molecule has 2 rings (SSSR count). The normalized spacial score (nSPS) is 17.2. The molecule has 1 unspecified atom stereocenters. The predicted octanol–water partition coefficient (Wildman–Crippen LogP) is 1.66. The molecule has 1 aliphatic heterocycles. The van der Waals surface area contributed by atoms with Crippen molar-refractivity contribution in [3.8, 4) is 5.75 Å². The van der Waals surface area contributed by atoms with E-state index in [2.05, 4.69) is 0 Å². The summed E-state index contributed by atoms with van der Waals surface area (Å²) in [6.45, 7) is 2.34. The number of imide groups is 1. The molecule has 5 heteroatoms. The van der Waals surface area contributed by atoms with Gasteiger partial charge in [0.15, 0.2) is 0 Å². The summed E-state index contributed by atoms with van der Waals surface area (Å²) in [6.07, 6.45) is 0.403. The first-order chi connectivity index (χ1) is 9.63. The molecule has 1 heterocycles. The summed E-state index contributed by atoms with van der Waals surface area (Å²) in [5.41, 5.74) is 0.598. The molecule has 2 amide bonds. The molecule has 0 aliphatic carbocycles. The number of rotatable bonds is 5. The van der Waals surface area contributed by atoms with Gasteiger partial charge in [0.25, 0.3) is 0 Å². The molecule has 5 nitrogen and oxygen atoms in total. The summed E-state index contributed by atoms with van der Waals surface area (Å²) >= 11 is 0. The van der Waals surface area contributed by atoms with Crippen molar-refractivity contribution in [1.29, 1.82) is 0 Å². The van der Waals surface area contributed by atoms with Crippen LogP contribution in [0.4, 0.5) is 0 Å². The van der Waals surface area contributed by atoms with E-state index in [0.717, 1.165) is 4.90 Å². The van der Waals surface area contributed by atoms with E-state index in [0.29, 0.717) is 37.2 Å². The fraction of sp³-hybridized carbons (Fsp3) is 0.467. The van der Waals surface area contributed by atoms with Gasteiger partial charge in [0, 0.05) is 18.4 Å². The molecule has 1 aliphatic rings. The lowest BCUT2D eigenvalue weighted by Gasteiger charge is -2.27. The lowest BCUT2D eigenvalue weighted by atomic mass is 10.0. The zero-order chi connectivity index (χ0) is 14.5. The number of aliphatic hydroxyl groups excluding tert-OH is 1.